The minimum Gasteiger partial charge on any atom is -0.487 e. The van der Waals surface area contributed by atoms with Crippen LogP contribution in [0.25, 0.3) is 22.3 Å². The lowest BCUT2D eigenvalue weighted by Gasteiger charge is -2.08. The number of fused-ring (bicyclic) bond motifs is 1. The predicted molar refractivity (Wildman–Crippen MR) is 115 cm³/mol. The molecule has 6 heteroatoms. The lowest BCUT2D eigenvalue weighted by Crippen LogP contribution is -1.98. The van der Waals surface area contributed by atoms with E-state index in [0.29, 0.717) is 12.4 Å². The summed E-state index contributed by atoms with van der Waals surface area (Å²) in [4.78, 5) is 4.65. The van der Waals surface area contributed by atoms with Gasteiger partial charge < -0.3 is 4.74 Å². The molecule has 2 aromatic heterocycles. The first-order chi connectivity index (χ1) is 14.8. The summed E-state index contributed by atoms with van der Waals surface area (Å²) in [5.41, 5.74) is 5.24. The van der Waals surface area contributed by atoms with E-state index < -0.39 is 0 Å². The van der Waals surface area contributed by atoms with E-state index in [9.17, 15) is 0 Å². The van der Waals surface area contributed by atoms with Crippen molar-refractivity contribution in [1.82, 2.24) is 25.6 Å². The number of rotatable bonds is 6. The van der Waals surface area contributed by atoms with Crippen LogP contribution in [0.1, 0.15) is 16.8 Å². The van der Waals surface area contributed by atoms with Gasteiger partial charge >= 0.3 is 0 Å². The van der Waals surface area contributed by atoms with Crippen molar-refractivity contribution in [3.05, 3.63) is 102 Å². The molecule has 0 saturated carbocycles. The summed E-state index contributed by atoms with van der Waals surface area (Å²) in [7, 11) is 0. The largest absolute Gasteiger partial charge is 0.487 e. The summed E-state index contributed by atoms with van der Waals surface area (Å²) in [6.45, 7) is 0.441. The molecule has 146 valence electrons. The average molecular weight is 393 g/mol. The van der Waals surface area contributed by atoms with Gasteiger partial charge in [-0.3, -0.25) is 0 Å². The molecule has 0 aliphatic rings. The highest BCUT2D eigenvalue weighted by Gasteiger charge is 2.05. The Labute approximate surface area is 173 Å². The number of para-hydroxylation sites is 1. The van der Waals surface area contributed by atoms with Gasteiger partial charge in [0.1, 0.15) is 12.4 Å². The maximum atomic E-state index is 5.92. The van der Waals surface area contributed by atoms with Crippen LogP contribution in [0.3, 0.4) is 0 Å². The number of tetrazole rings is 1. The first kappa shape index (κ1) is 18.0. The number of pyridine rings is 1. The second-order valence-corrected chi connectivity index (χ2v) is 7.04. The zero-order valence-electron chi connectivity index (χ0n) is 16.2. The van der Waals surface area contributed by atoms with Crippen molar-refractivity contribution in [1.29, 1.82) is 0 Å². The molecule has 0 saturated heterocycles. The fourth-order valence-corrected chi connectivity index (χ4v) is 3.39. The van der Waals surface area contributed by atoms with Gasteiger partial charge in [0.2, 0.25) is 5.82 Å². The normalized spacial score (nSPS) is 10.9. The number of hydrogen-bond donors (Lipinski definition) is 1. The fraction of sp³-hybridized carbons (Fsp3) is 0.0833. The minimum absolute atomic E-state index is 0.441. The maximum Gasteiger partial charge on any atom is 0.204 e. The Bertz CT molecular complexity index is 1270. The standard InChI is InChI=1S/C24H19N5O/c1-2-7-23-19(5-1)10-11-21(25-23)16-30-22-12-8-17(9-13-22)14-18-4-3-6-20(15-18)24-26-28-29-27-24/h1-13,15H,14,16H2,(H,26,27,28,29). The van der Waals surface area contributed by atoms with E-state index in [1.807, 2.05) is 48.5 Å². The third-order valence-corrected chi connectivity index (χ3v) is 4.90. The highest BCUT2D eigenvalue weighted by molar-refractivity contribution is 5.78. The Hall–Kier alpha value is -4.06. The summed E-state index contributed by atoms with van der Waals surface area (Å²) in [5.74, 6) is 1.43. The molecular formula is C24H19N5O. The van der Waals surface area contributed by atoms with Crippen LogP contribution in [-0.4, -0.2) is 25.6 Å². The van der Waals surface area contributed by atoms with Gasteiger partial charge in [0, 0.05) is 10.9 Å². The molecule has 0 bridgehead atoms. The molecule has 0 fully saturated rings. The van der Waals surface area contributed by atoms with Crippen molar-refractivity contribution in [2.24, 2.45) is 0 Å². The van der Waals surface area contributed by atoms with E-state index in [4.69, 9.17) is 4.74 Å². The summed E-state index contributed by atoms with van der Waals surface area (Å²) < 4.78 is 5.92. The van der Waals surface area contributed by atoms with Crippen LogP contribution in [0.15, 0.2) is 84.9 Å². The molecule has 1 N–H and O–H groups in total. The van der Waals surface area contributed by atoms with Crippen LogP contribution in [-0.2, 0) is 13.0 Å². The molecular weight excluding hydrogens is 374 g/mol. The van der Waals surface area contributed by atoms with E-state index in [1.54, 1.807) is 0 Å². The van der Waals surface area contributed by atoms with Crippen molar-refractivity contribution < 1.29 is 4.74 Å². The highest BCUT2D eigenvalue weighted by atomic mass is 16.5. The van der Waals surface area contributed by atoms with E-state index in [2.05, 4.69) is 62.0 Å². The maximum absolute atomic E-state index is 5.92. The molecule has 30 heavy (non-hydrogen) atoms. The number of aromatic amines is 1. The minimum atomic E-state index is 0.441. The topological polar surface area (TPSA) is 76.6 Å². The molecule has 2 heterocycles. The van der Waals surface area contributed by atoms with Crippen molar-refractivity contribution >= 4 is 10.9 Å². The smallest absolute Gasteiger partial charge is 0.204 e. The Morgan fingerprint density at radius 1 is 0.800 bits per heavy atom. The summed E-state index contributed by atoms with van der Waals surface area (Å²) in [6, 6.07) is 28.5. The number of hydrogen-bond acceptors (Lipinski definition) is 5. The molecule has 0 aliphatic carbocycles. The summed E-state index contributed by atoms with van der Waals surface area (Å²) in [6.07, 6.45) is 0.818. The van der Waals surface area contributed by atoms with E-state index in [1.165, 1.54) is 11.1 Å². The van der Waals surface area contributed by atoms with Gasteiger partial charge in [0.25, 0.3) is 0 Å². The van der Waals surface area contributed by atoms with Crippen LogP contribution in [0.5, 0.6) is 5.75 Å². The van der Waals surface area contributed by atoms with Gasteiger partial charge in [0.05, 0.1) is 11.2 Å². The molecule has 0 amide bonds. The van der Waals surface area contributed by atoms with Gasteiger partial charge in [0.15, 0.2) is 0 Å². The first-order valence-electron chi connectivity index (χ1n) is 9.73. The van der Waals surface area contributed by atoms with Crippen LogP contribution in [0.2, 0.25) is 0 Å². The quantitative estimate of drug-likeness (QED) is 0.457. The third kappa shape index (κ3) is 4.03. The van der Waals surface area contributed by atoms with E-state index in [0.717, 1.165) is 34.3 Å². The first-order valence-corrected chi connectivity index (χ1v) is 9.73. The monoisotopic (exact) mass is 393 g/mol. The van der Waals surface area contributed by atoms with Crippen molar-refractivity contribution in [2.75, 3.05) is 0 Å². The van der Waals surface area contributed by atoms with Gasteiger partial charge in [-0.05, 0) is 53.1 Å². The van der Waals surface area contributed by atoms with Gasteiger partial charge in [-0.25, -0.2) is 4.98 Å². The zero-order valence-corrected chi connectivity index (χ0v) is 16.2. The number of aromatic nitrogens is 5. The van der Waals surface area contributed by atoms with Gasteiger partial charge in [-0.15, -0.1) is 10.2 Å². The highest BCUT2D eigenvalue weighted by Crippen LogP contribution is 2.20. The molecule has 0 unspecified atom stereocenters. The average Bonchev–Trinajstić information content (AvgIpc) is 3.34. The number of nitrogens with zero attached hydrogens (tertiary/aromatic N) is 4. The lowest BCUT2D eigenvalue weighted by molar-refractivity contribution is 0.301. The van der Waals surface area contributed by atoms with Crippen LogP contribution >= 0.6 is 0 Å². The summed E-state index contributed by atoms with van der Waals surface area (Å²) in [5, 5.41) is 15.3. The van der Waals surface area contributed by atoms with Crippen molar-refractivity contribution in [2.45, 2.75) is 13.0 Å². The molecule has 3 aromatic carbocycles. The number of nitrogens with one attached hydrogen (secondary N) is 1. The Morgan fingerprint density at radius 3 is 2.57 bits per heavy atom. The van der Waals surface area contributed by atoms with Gasteiger partial charge in [-0.1, -0.05) is 54.6 Å². The number of H-pyrrole nitrogens is 1. The van der Waals surface area contributed by atoms with Crippen LogP contribution in [0, 0.1) is 0 Å². The van der Waals surface area contributed by atoms with Crippen molar-refractivity contribution in [3.8, 4) is 17.1 Å². The molecule has 0 radical (unpaired) electrons. The van der Waals surface area contributed by atoms with Crippen LogP contribution in [0.4, 0.5) is 0 Å². The molecule has 5 rings (SSSR count). The fourth-order valence-electron chi connectivity index (χ4n) is 3.39. The second kappa shape index (κ2) is 8.13. The molecule has 6 nitrogen and oxygen atoms in total. The Kier molecular flexibility index (Phi) is 4.88. The third-order valence-electron chi connectivity index (χ3n) is 4.90. The van der Waals surface area contributed by atoms with Crippen molar-refractivity contribution in [3.63, 3.8) is 0 Å². The zero-order chi connectivity index (χ0) is 20.2. The SMILES string of the molecule is c1cc(Cc2ccc(OCc3ccc4ccccc4n3)cc2)cc(-c2nn[nH]n2)c1. The number of benzene rings is 3. The molecule has 0 atom stereocenters. The molecule has 0 spiro atoms. The Balaban J connectivity index is 1.24. The van der Waals surface area contributed by atoms with E-state index in [-0.39, 0.29) is 0 Å². The lowest BCUT2D eigenvalue weighted by atomic mass is 10.0. The number of ether oxygens (including phenoxy) is 1. The predicted octanol–water partition coefficient (Wildman–Crippen LogP) is 4.58. The Morgan fingerprint density at radius 2 is 1.70 bits per heavy atom. The second-order valence-electron chi connectivity index (χ2n) is 7.04. The van der Waals surface area contributed by atoms with Crippen LogP contribution < -0.4 is 4.74 Å². The van der Waals surface area contributed by atoms with E-state index >= 15 is 0 Å². The van der Waals surface area contributed by atoms with Gasteiger partial charge in [-0.2, -0.15) is 5.21 Å². The summed E-state index contributed by atoms with van der Waals surface area (Å²) >= 11 is 0. The molecule has 0 aliphatic heterocycles. The molecule has 5 aromatic rings.